The molecule has 2 rings (SSSR count). The molecule has 10 nitrogen and oxygen atoms in total. The maximum absolute atomic E-state index is 13.3. The zero-order chi connectivity index (χ0) is 25.4. The first-order valence-electron chi connectivity index (χ1n) is 11.5. The molecule has 0 fully saturated rings. The molecule has 0 aliphatic heterocycles. The predicted molar refractivity (Wildman–Crippen MR) is 129 cm³/mol. The molecule has 3 amide bonds. The summed E-state index contributed by atoms with van der Waals surface area (Å²) in [6.45, 7) is 6.71. The van der Waals surface area contributed by atoms with Gasteiger partial charge in [0.1, 0.15) is 18.6 Å². The maximum atomic E-state index is 13.3. The van der Waals surface area contributed by atoms with E-state index in [1.165, 1.54) is 0 Å². The number of hydrogen-bond acceptors (Lipinski definition) is 5. The summed E-state index contributed by atoms with van der Waals surface area (Å²) in [6.07, 6.45) is 2.53. The number of H-pyrrole nitrogens is 1. The Morgan fingerprint density at radius 2 is 1.71 bits per heavy atom. The van der Waals surface area contributed by atoms with Crippen molar-refractivity contribution in [3.8, 4) is 0 Å². The van der Waals surface area contributed by atoms with E-state index in [4.69, 9.17) is 10.8 Å². The normalized spacial score (nSPS) is 14.8. The van der Waals surface area contributed by atoms with Crippen LogP contribution in [0, 0.1) is 11.8 Å². The summed E-state index contributed by atoms with van der Waals surface area (Å²) in [5, 5.41) is 17.6. The van der Waals surface area contributed by atoms with Crippen molar-refractivity contribution in [2.24, 2.45) is 17.6 Å². The molecule has 0 radical (unpaired) electrons. The van der Waals surface area contributed by atoms with Crippen LogP contribution in [-0.4, -0.2) is 58.5 Å². The number of amides is 3. The number of aliphatic carboxylic acids is 1. The van der Waals surface area contributed by atoms with Crippen molar-refractivity contribution in [3.05, 3.63) is 36.0 Å². The Morgan fingerprint density at radius 1 is 1.03 bits per heavy atom. The quantitative estimate of drug-likeness (QED) is 0.268. The van der Waals surface area contributed by atoms with Gasteiger partial charge in [0.2, 0.25) is 17.7 Å². The Bertz CT molecular complexity index is 1020. The van der Waals surface area contributed by atoms with E-state index in [-0.39, 0.29) is 18.3 Å². The lowest BCUT2D eigenvalue weighted by atomic mass is 9.96. The van der Waals surface area contributed by atoms with Gasteiger partial charge in [-0.3, -0.25) is 19.2 Å². The number of aromatic amines is 1. The molecule has 0 bridgehead atoms. The highest BCUT2D eigenvalue weighted by Crippen LogP contribution is 2.19. The second-order valence-electron chi connectivity index (χ2n) is 8.88. The van der Waals surface area contributed by atoms with Crippen LogP contribution in [0.2, 0.25) is 0 Å². The molecule has 0 aliphatic carbocycles. The molecule has 1 heterocycles. The van der Waals surface area contributed by atoms with Crippen LogP contribution < -0.4 is 21.7 Å². The van der Waals surface area contributed by atoms with Crippen LogP contribution in [0.4, 0.5) is 0 Å². The summed E-state index contributed by atoms with van der Waals surface area (Å²) in [5.74, 6) is -3.20. The van der Waals surface area contributed by atoms with Gasteiger partial charge in [-0.25, -0.2) is 0 Å². The highest BCUT2D eigenvalue weighted by Gasteiger charge is 2.31. The van der Waals surface area contributed by atoms with E-state index in [1.54, 1.807) is 13.1 Å². The van der Waals surface area contributed by atoms with Crippen LogP contribution >= 0.6 is 0 Å². The third-order valence-electron chi connectivity index (χ3n) is 5.96. The van der Waals surface area contributed by atoms with Gasteiger partial charge in [0.05, 0.1) is 6.04 Å². The second kappa shape index (κ2) is 12.2. The van der Waals surface area contributed by atoms with Gasteiger partial charge in [-0.2, -0.15) is 0 Å². The standard InChI is InChI=1S/C24H35N5O5/c1-5-14(4)21(24(34)27-12-19(30)31)29-22(32)18(28-23(33)20(25)13(2)3)10-15-11-26-17-9-7-6-8-16(15)17/h6-9,11,13-14,18,20-21,26H,5,10,12,25H2,1-4H3,(H,27,34)(H,28,33)(H,29,32)(H,30,31). The zero-order valence-corrected chi connectivity index (χ0v) is 20.1. The number of benzene rings is 1. The number of carboxylic acid groups (broad SMARTS) is 1. The first kappa shape index (κ1) is 26.8. The Morgan fingerprint density at radius 3 is 2.32 bits per heavy atom. The summed E-state index contributed by atoms with van der Waals surface area (Å²) in [7, 11) is 0. The smallest absolute Gasteiger partial charge is 0.322 e. The lowest BCUT2D eigenvalue weighted by molar-refractivity contribution is -0.139. The fourth-order valence-corrected chi connectivity index (χ4v) is 3.53. The number of para-hydroxylation sites is 1. The van der Waals surface area contributed by atoms with Gasteiger partial charge in [0.25, 0.3) is 0 Å². The number of nitrogens with two attached hydrogens (primary N) is 1. The lowest BCUT2D eigenvalue weighted by Gasteiger charge is -2.27. The van der Waals surface area contributed by atoms with Crippen LogP contribution in [0.3, 0.4) is 0 Å². The second-order valence-corrected chi connectivity index (χ2v) is 8.88. The van der Waals surface area contributed by atoms with Crippen molar-refractivity contribution in [1.82, 2.24) is 20.9 Å². The highest BCUT2D eigenvalue weighted by atomic mass is 16.4. The van der Waals surface area contributed by atoms with E-state index < -0.39 is 48.4 Å². The minimum absolute atomic E-state index is 0.133. The van der Waals surface area contributed by atoms with E-state index in [0.717, 1.165) is 16.5 Å². The zero-order valence-electron chi connectivity index (χ0n) is 20.1. The number of carbonyl (C=O) groups is 4. The highest BCUT2D eigenvalue weighted by molar-refractivity contribution is 5.94. The molecule has 4 unspecified atom stereocenters. The minimum Gasteiger partial charge on any atom is -0.480 e. The van der Waals surface area contributed by atoms with Crippen LogP contribution in [0.5, 0.6) is 0 Å². The van der Waals surface area contributed by atoms with Gasteiger partial charge in [-0.1, -0.05) is 52.3 Å². The predicted octanol–water partition coefficient (Wildman–Crippen LogP) is 0.910. The molecule has 0 saturated carbocycles. The van der Waals surface area contributed by atoms with Gasteiger partial charge in [-0.05, 0) is 23.5 Å². The van der Waals surface area contributed by atoms with Crippen LogP contribution in [0.1, 0.15) is 39.7 Å². The molecular weight excluding hydrogens is 438 g/mol. The van der Waals surface area contributed by atoms with Crippen LogP contribution in [0.15, 0.2) is 30.5 Å². The van der Waals surface area contributed by atoms with Crippen molar-refractivity contribution < 1.29 is 24.3 Å². The molecule has 7 N–H and O–H groups in total. The lowest BCUT2D eigenvalue weighted by Crippen LogP contribution is -2.58. The molecule has 186 valence electrons. The monoisotopic (exact) mass is 473 g/mol. The number of carbonyl (C=O) groups excluding carboxylic acids is 3. The third-order valence-corrected chi connectivity index (χ3v) is 5.96. The first-order valence-corrected chi connectivity index (χ1v) is 11.5. The van der Waals surface area contributed by atoms with E-state index >= 15 is 0 Å². The number of carboxylic acids is 1. The van der Waals surface area contributed by atoms with Gasteiger partial charge in [-0.15, -0.1) is 0 Å². The molecule has 1 aromatic carbocycles. The summed E-state index contributed by atoms with van der Waals surface area (Å²) >= 11 is 0. The SMILES string of the molecule is CCC(C)C(NC(=O)C(Cc1c[nH]c2ccccc12)NC(=O)C(N)C(C)C)C(=O)NCC(=O)O. The van der Waals surface area contributed by atoms with Crippen molar-refractivity contribution in [2.45, 2.75) is 58.7 Å². The van der Waals surface area contributed by atoms with Crippen molar-refractivity contribution in [2.75, 3.05) is 6.54 Å². The Labute approximate surface area is 199 Å². The number of aromatic nitrogens is 1. The molecule has 0 spiro atoms. The van der Waals surface area contributed by atoms with E-state index in [9.17, 15) is 19.2 Å². The first-order chi connectivity index (χ1) is 16.0. The summed E-state index contributed by atoms with van der Waals surface area (Å²) in [6, 6.07) is 4.85. The maximum Gasteiger partial charge on any atom is 0.322 e. The number of rotatable bonds is 12. The Kier molecular flexibility index (Phi) is 9.61. The average Bonchev–Trinajstić information content (AvgIpc) is 3.21. The summed E-state index contributed by atoms with van der Waals surface area (Å²) in [4.78, 5) is 52.7. The average molecular weight is 474 g/mol. The van der Waals surface area contributed by atoms with Crippen molar-refractivity contribution in [1.29, 1.82) is 0 Å². The van der Waals surface area contributed by atoms with Gasteiger partial charge in [0.15, 0.2) is 0 Å². The van der Waals surface area contributed by atoms with Crippen LogP contribution in [0.25, 0.3) is 10.9 Å². The minimum atomic E-state index is -1.19. The van der Waals surface area contributed by atoms with Crippen molar-refractivity contribution >= 4 is 34.6 Å². The number of nitrogens with one attached hydrogen (secondary N) is 4. The Balaban J connectivity index is 2.29. The largest absolute Gasteiger partial charge is 0.480 e. The fourth-order valence-electron chi connectivity index (χ4n) is 3.53. The van der Waals surface area contributed by atoms with Gasteiger partial charge in [0, 0.05) is 23.5 Å². The molecule has 4 atom stereocenters. The topological polar surface area (TPSA) is 166 Å². The Hall–Kier alpha value is -3.40. The molecule has 10 heteroatoms. The van der Waals surface area contributed by atoms with Crippen LogP contribution in [-0.2, 0) is 25.6 Å². The van der Waals surface area contributed by atoms with Crippen molar-refractivity contribution in [3.63, 3.8) is 0 Å². The number of fused-ring (bicyclic) bond motifs is 1. The molecule has 0 aliphatic rings. The van der Waals surface area contributed by atoms with E-state index in [0.29, 0.717) is 6.42 Å². The molecule has 1 aromatic heterocycles. The summed E-state index contributed by atoms with van der Waals surface area (Å²) < 4.78 is 0. The van der Waals surface area contributed by atoms with E-state index in [2.05, 4.69) is 20.9 Å². The molecule has 2 aromatic rings. The fraction of sp³-hybridized carbons (Fsp3) is 0.500. The summed E-state index contributed by atoms with van der Waals surface area (Å²) in [5.41, 5.74) is 7.71. The molecule has 34 heavy (non-hydrogen) atoms. The van der Waals surface area contributed by atoms with Gasteiger partial charge >= 0.3 is 5.97 Å². The number of hydrogen-bond donors (Lipinski definition) is 6. The molecular formula is C24H35N5O5. The molecule has 0 saturated heterocycles. The van der Waals surface area contributed by atoms with E-state index in [1.807, 2.05) is 45.0 Å². The third kappa shape index (κ3) is 7.05. The van der Waals surface area contributed by atoms with Gasteiger partial charge < -0.3 is 31.8 Å².